The van der Waals surface area contributed by atoms with Crippen molar-refractivity contribution in [3.63, 3.8) is 0 Å². The van der Waals surface area contributed by atoms with Gasteiger partial charge in [-0.2, -0.15) is 5.10 Å². The first-order valence-corrected chi connectivity index (χ1v) is 9.99. The molecule has 1 atom stereocenters. The van der Waals surface area contributed by atoms with Gasteiger partial charge in [0.15, 0.2) is 0 Å². The number of hydrogen-bond acceptors (Lipinski definition) is 5. The van der Waals surface area contributed by atoms with Crippen molar-refractivity contribution >= 4 is 0 Å². The van der Waals surface area contributed by atoms with E-state index in [1.807, 2.05) is 66.5 Å². The highest BCUT2D eigenvalue weighted by atomic mass is 16.5. The normalized spacial score (nSPS) is 12.2. The Balaban J connectivity index is 1.32. The van der Waals surface area contributed by atoms with Gasteiger partial charge < -0.3 is 15.2 Å². The molecule has 0 amide bonds. The van der Waals surface area contributed by atoms with Crippen LogP contribution in [0.25, 0.3) is 0 Å². The van der Waals surface area contributed by atoms with Crippen LogP contribution >= 0.6 is 0 Å². The number of aliphatic hydroxyl groups excluding tert-OH is 1. The van der Waals surface area contributed by atoms with Gasteiger partial charge in [-0.25, -0.2) is 0 Å². The minimum absolute atomic E-state index is 0.278. The number of nitrogens with zero attached hydrogens (tertiary/aromatic N) is 3. The van der Waals surface area contributed by atoms with Crippen LogP contribution in [0.15, 0.2) is 73.1 Å². The Morgan fingerprint density at radius 2 is 1.86 bits per heavy atom. The lowest BCUT2D eigenvalue weighted by Gasteiger charge is -2.21. The third-order valence-electron chi connectivity index (χ3n) is 4.59. The molecule has 2 N–H and O–H groups in total. The first kappa shape index (κ1) is 21.0. The van der Waals surface area contributed by atoms with Gasteiger partial charge in [0.05, 0.1) is 6.54 Å². The van der Waals surface area contributed by atoms with E-state index < -0.39 is 6.10 Å². The van der Waals surface area contributed by atoms with Crippen molar-refractivity contribution in [1.82, 2.24) is 20.0 Å². The second kappa shape index (κ2) is 11.4. The summed E-state index contributed by atoms with van der Waals surface area (Å²) in [6, 6.07) is 20.2. The first-order valence-electron chi connectivity index (χ1n) is 9.99. The quantitative estimate of drug-likeness (QED) is 0.462. The van der Waals surface area contributed by atoms with Gasteiger partial charge in [0.2, 0.25) is 0 Å². The molecule has 0 unspecified atom stereocenters. The molecule has 0 bridgehead atoms. The summed E-state index contributed by atoms with van der Waals surface area (Å²) >= 11 is 0. The molecule has 154 valence electrons. The van der Waals surface area contributed by atoms with Crippen molar-refractivity contribution < 1.29 is 9.84 Å². The van der Waals surface area contributed by atoms with E-state index in [-0.39, 0.29) is 6.61 Å². The molecular weight excluding hydrogens is 364 g/mol. The van der Waals surface area contributed by atoms with Crippen molar-refractivity contribution in [1.29, 1.82) is 0 Å². The average molecular weight is 395 g/mol. The zero-order chi connectivity index (χ0) is 20.3. The van der Waals surface area contributed by atoms with Gasteiger partial charge in [0.25, 0.3) is 0 Å². The number of rotatable bonds is 12. The number of nitrogens with one attached hydrogen (secondary N) is 1. The second-order valence-corrected chi connectivity index (χ2v) is 7.24. The number of aliphatic hydroxyl groups is 1. The predicted octanol–water partition coefficient (Wildman–Crippen LogP) is 2.54. The molecule has 0 aliphatic carbocycles. The molecule has 6 nitrogen and oxygen atoms in total. The van der Waals surface area contributed by atoms with Crippen molar-refractivity contribution in [2.45, 2.75) is 25.7 Å². The molecule has 0 spiro atoms. The molecule has 3 rings (SSSR count). The SMILES string of the molecule is CN(Cc1ccccc1)C[C@H](O)COc1ccc(CNCCn2cccn2)cc1. The Morgan fingerprint density at radius 3 is 2.59 bits per heavy atom. The highest BCUT2D eigenvalue weighted by molar-refractivity contribution is 5.27. The molecule has 29 heavy (non-hydrogen) atoms. The van der Waals surface area contributed by atoms with Crippen LogP contribution in [-0.2, 0) is 19.6 Å². The molecule has 0 aliphatic heterocycles. The van der Waals surface area contributed by atoms with E-state index in [4.69, 9.17) is 4.74 Å². The summed E-state index contributed by atoms with van der Waals surface area (Å²) in [5.74, 6) is 0.773. The Hall–Kier alpha value is -2.67. The minimum Gasteiger partial charge on any atom is -0.491 e. The van der Waals surface area contributed by atoms with Crippen LogP contribution in [0.4, 0.5) is 0 Å². The monoisotopic (exact) mass is 394 g/mol. The fourth-order valence-electron chi connectivity index (χ4n) is 3.13. The standard InChI is InChI=1S/C23H30N4O2/c1-26(17-21-6-3-2-4-7-21)18-22(28)19-29-23-10-8-20(9-11-23)16-24-13-15-27-14-5-12-25-27/h2-12,14,22,24,28H,13,15-19H2,1H3/t22-/m0/s1. The summed E-state index contributed by atoms with van der Waals surface area (Å²) in [5, 5.41) is 17.8. The molecule has 0 radical (unpaired) electrons. The van der Waals surface area contributed by atoms with Crippen LogP contribution in [0.1, 0.15) is 11.1 Å². The summed E-state index contributed by atoms with van der Waals surface area (Å²) in [6.45, 7) is 4.16. The lowest BCUT2D eigenvalue weighted by Crippen LogP contribution is -2.32. The zero-order valence-electron chi connectivity index (χ0n) is 16.9. The van der Waals surface area contributed by atoms with Crippen molar-refractivity contribution in [2.24, 2.45) is 0 Å². The molecule has 3 aromatic rings. The molecule has 0 aliphatic rings. The van der Waals surface area contributed by atoms with E-state index in [1.165, 1.54) is 11.1 Å². The topological polar surface area (TPSA) is 62.6 Å². The van der Waals surface area contributed by atoms with Crippen LogP contribution in [0.3, 0.4) is 0 Å². The lowest BCUT2D eigenvalue weighted by molar-refractivity contribution is 0.0744. The molecular formula is C23H30N4O2. The Labute approximate surface area is 172 Å². The van der Waals surface area contributed by atoms with E-state index in [0.29, 0.717) is 6.54 Å². The summed E-state index contributed by atoms with van der Waals surface area (Å²) < 4.78 is 7.65. The van der Waals surface area contributed by atoms with Crippen LogP contribution < -0.4 is 10.1 Å². The summed E-state index contributed by atoms with van der Waals surface area (Å²) in [6.07, 6.45) is 3.21. The van der Waals surface area contributed by atoms with Crippen LogP contribution in [0.2, 0.25) is 0 Å². The van der Waals surface area contributed by atoms with E-state index in [9.17, 15) is 5.11 Å². The van der Waals surface area contributed by atoms with E-state index in [2.05, 4.69) is 27.4 Å². The molecule has 0 saturated carbocycles. The maximum atomic E-state index is 10.3. The smallest absolute Gasteiger partial charge is 0.119 e. The fourth-order valence-corrected chi connectivity index (χ4v) is 3.13. The van der Waals surface area contributed by atoms with Gasteiger partial charge in [-0.1, -0.05) is 42.5 Å². The number of ether oxygens (including phenoxy) is 1. The second-order valence-electron chi connectivity index (χ2n) is 7.24. The highest BCUT2D eigenvalue weighted by Gasteiger charge is 2.10. The van der Waals surface area contributed by atoms with E-state index in [0.717, 1.165) is 31.9 Å². The first-order chi connectivity index (χ1) is 14.2. The third-order valence-corrected chi connectivity index (χ3v) is 4.59. The van der Waals surface area contributed by atoms with Crippen LogP contribution in [0, 0.1) is 0 Å². The summed E-state index contributed by atoms with van der Waals surface area (Å²) in [7, 11) is 2.00. The third kappa shape index (κ3) is 7.69. The minimum atomic E-state index is -0.535. The zero-order valence-corrected chi connectivity index (χ0v) is 16.9. The summed E-state index contributed by atoms with van der Waals surface area (Å²) in [4.78, 5) is 2.10. The Bertz CT molecular complexity index is 807. The fraction of sp³-hybridized carbons (Fsp3) is 0.348. The Kier molecular flexibility index (Phi) is 8.25. The highest BCUT2D eigenvalue weighted by Crippen LogP contribution is 2.13. The molecule has 1 heterocycles. The number of likely N-dealkylation sites (N-methyl/N-ethyl adjacent to an activating group) is 1. The van der Waals surface area contributed by atoms with Gasteiger partial charge >= 0.3 is 0 Å². The van der Waals surface area contributed by atoms with Gasteiger partial charge in [0.1, 0.15) is 18.5 Å². The van der Waals surface area contributed by atoms with Gasteiger partial charge in [-0.05, 0) is 36.4 Å². The van der Waals surface area contributed by atoms with E-state index in [1.54, 1.807) is 6.20 Å². The molecule has 6 heteroatoms. The molecule has 1 aromatic heterocycles. The van der Waals surface area contributed by atoms with Gasteiger partial charge in [-0.15, -0.1) is 0 Å². The average Bonchev–Trinajstić information content (AvgIpc) is 3.25. The van der Waals surface area contributed by atoms with Crippen molar-refractivity contribution in [3.8, 4) is 5.75 Å². The van der Waals surface area contributed by atoms with Gasteiger partial charge in [0, 0.05) is 38.6 Å². The molecule has 0 fully saturated rings. The lowest BCUT2D eigenvalue weighted by atomic mass is 10.2. The van der Waals surface area contributed by atoms with Crippen LogP contribution in [0.5, 0.6) is 5.75 Å². The predicted molar refractivity (Wildman–Crippen MR) is 115 cm³/mol. The largest absolute Gasteiger partial charge is 0.491 e. The maximum absolute atomic E-state index is 10.3. The summed E-state index contributed by atoms with van der Waals surface area (Å²) in [5.41, 5.74) is 2.43. The molecule has 2 aromatic carbocycles. The van der Waals surface area contributed by atoms with Crippen molar-refractivity contribution in [2.75, 3.05) is 26.7 Å². The van der Waals surface area contributed by atoms with E-state index >= 15 is 0 Å². The molecule has 0 saturated heterocycles. The number of benzene rings is 2. The number of aromatic nitrogens is 2. The number of hydrogen-bond donors (Lipinski definition) is 2. The Morgan fingerprint density at radius 1 is 1.07 bits per heavy atom. The van der Waals surface area contributed by atoms with Crippen molar-refractivity contribution in [3.05, 3.63) is 84.2 Å². The maximum Gasteiger partial charge on any atom is 0.119 e. The van der Waals surface area contributed by atoms with Crippen LogP contribution in [-0.4, -0.2) is 52.6 Å². The van der Waals surface area contributed by atoms with Gasteiger partial charge in [-0.3, -0.25) is 9.58 Å².